The van der Waals surface area contributed by atoms with Gasteiger partial charge in [0.2, 0.25) is 0 Å². The summed E-state index contributed by atoms with van der Waals surface area (Å²) in [6.07, 6.45) is 5.67. The highest BCUT2D eigenvalue weighted by Crippen LogP contribution is 2.57. The van der Waals surface area contributed by atoms with E-state index in [2.05, 4.69) is 60.3 Å². The zero-order valence-corrected chi connectivity index (χ0v) is 18.3. The molecule has 2 aliphatic heterocycles. The Bertz CT molecular complexity index is 697. The maximum atomic E-state index is 12.7. The summed E-state index contributed by atoms with van der Waals surface area (Å²) in [4.78, 5) is 17.3. The SMILES string of the molecule is CC(C)COc1ccc(CC2CC23CCNC(=O)N(C2CCN(C)CC2)C3)cc1. The fraction of sp³-hybridized carbons (Fsp3) is 0.708. The van der Waals surface area contributed by atoms with Gasteiger partial charge in [0, 0.05) is 19.1 Å². The maximum absolute atomic E-state index is 12.7. The zero-order valence-electron chi connectivity index (χ0n) is 18.3. The highest BCUT2D eigenvalue weighted by molar-refractivity contribution is 5.75. The van der Waals surface area contributed by atoms with E-state index >= 15 is 0 Å². The van der Waals surface area contributed by atoms with Crippen LogP contribution in [0, 0.1) is 17.3 Å². The topological polar surface area (TPSA) is 44.8 Å². The summed E-state index contributed by atoms with van der Waals surface area (Å²) in [5, 5.41) is 3.17. The second-order valence-corrected chi connectivity index (χ2v) is 9.96. The molecule has 0 bridgehead atoms. The summed E-state index contributed by atoms with van der Waals surface area (Å²) in [5.41, 5.74) is 1.70. The van der Waals surface area contributed by atoms with E-state index in [0.29, 0.717) is 23.3 Å². The lowest BCUT2D eigenvalue weighted by Crippen LogP contribution is -2.50. The highest BCUT2D eigenvalue weighted by Gasteiger charge is 2.55. The second-order valence-electron chi connectivity index (χ2n) is 9.96. The molecule has 1 spiro atoms. The summed E-state index contributed by atoms with van der Waals surface area (Å²) in [7, 11) is 2.18. The van der Waals surface area contributed by atoms with Gasteiger partial charge in [0.05, 0.1) is 6.61 Å². The molecule has 1 N–H and O–H groups in total. The molecule has 0 radical (unpaired) electrons. The van der Waals surface area contributed by atoms with Crippen LogP contribution in [0.1, 0.15) is 45.1 Å². The van der Waals surface area contributed by atoms with Crippen LogP contribution in [0.4, 0.5) is 4.79 Å². The maximum Gasteiger partial charge on any atom is 0.317 e. The van der Waals surface area contributed by atoms with Crippen LogP contribution in [0.3, 0.4) is 0 Å². The predicted octanol–water partition coefficient (Wildman–Crippen LogP) is 3.78. The first kappa shape index (κ1) is 20.5. The summed E-state index contributed by atoms with van der Waals surface area (Å²) >= 11 is 0. The second kappa shape index (κ2) is 8.55. The number of urea groups is 1. The van der Waals surface area contributed by atoms with E-state index < -0.39 is 0 Å². The van der Waals surface area contributed by atoms with Crippen molar-refractivity contribution in [2.45, 2.75) is 52.0 Å². The molecule has 160 valence electrons. The molecule has 3 fully saturated rings. The van der Waals surface area contributed by atoms with E-state index in [-0.39, 0.29) is 6.03 Å². The first-order valence-corrected chi connectivity index (χ1v) is 11.4. The molecule has 1 saturated carbocycles. The van der Waals surface area contributed by atoms with Crippen molar-refractivity contribution in [2.24, 2.45) is 17.3 Å². The quantitative estimate of drug-likeness (QED) is 0.792. The third-order valence-corrected chi connectivity index (χ3v) is 7.12. The standard InChI is InChI=1S/C24H37N3O2/c1-18(2)16-29-22-6-4-19(5-7-22)14-20-15-24(20)10-11-25-23(28)27(17-24)21-8-12-26(3)13-9-21/h4-7,18,20-21H,8-17H2,1-3H3,(H,25,28). The van der Waals surface area contributed by atoms with Crippen molar-refractivity contribution >= 4 is 6.03 Å². The lowest BCUT2D eigenvalue weighted by atomic mass is 9.94. The lowest BCUT2D eigenvalue weighted by Gasteiger charge is -2.38. The van der Waals surface area contributed by atoms with Crippen molar-refractivity contribution in [2.75, 3.05) is 39.8 Å². The van der Waals surface area contributed by atoms with Crippen LogP contribution in [0.15, 0.2) is 24.3 Å². The molecule has 1 aromatic rings. The van der Waals surface area contributed by atoms with Gasteiger partial charge < -0.3 is 19.9 Å². The first-order valence-electron chi connectivity index (χ1n) is 11.4. The molecule has 2 unspecified atom stereocenters. The normalized spacial score (nSPS) is 28.5. The van der Waals surface area contributed by atoms with Crippen molar-refractivity contribution in [1.82, 2.24) is 15.1 Å². The van der Waals surface area contributed by atoms with E-state index in [0.717, 1.165) is 64.2 Å². The molecular weight excluding hydrogens is 362 g/mol. The number of carbonyl (C=O) groups excluding carboxylic acids is 1. The Balaban J connectivity index is 1.36. The molecule has 2 saturated heterocycles. The van der Waals surface area contributed by atoms with Crippen molar-refractivity contribution in [1.29, 1.82) is 0 Å². The molecule has 1 aliphatic carbocycles. The molecular formula is C24H37N3O2. The number of piperidine rings is 1. The molecule has 5 heteroatoms. The molecule has 3 aliphatic rings. The first-order chi connectivity index (χ1) is 13.9. The lowest BCUT2D eigenvalue weighted by molar-refractivity contribution is 0.121. The van der Waals surface area contributed by atoms with Crippen LogP contribution >= 0.6 is 0 Å². The minimum absolute atomic E-state index is 0.161. The Morgan fingerprint density at radius 1 is 1.21 bits per heavy atom. The number of ether oxygens (including phenoxy) is 1. The average Bonchev–Trinajstić information content (AvgIpc) is 3.41. The smallest absolute Gasteiger partial charge is 0.317 e. The number of likely N-dealkylation sites (tertiary alicyclic amines) is 1. The largest absolute Gasteiger partial charge is 0.493 e. The average molecular weight is 400 g/mol. The Labute approximate surface area is 175 Å². The Kier molecular flexibility index (Phi) is 6.05. The van der Waals surface area contributed by atoms with E-state index in [4.69, 9.17) is 4.74 Å². The van der Waals surface area contributed by atoms with Gasteiger partial charge in [-0.25, -0.2) is 4.79 Å². The summed E-state index contributed by atoms with van der Waals surface area (Å²) in [6.45, 7) is 9.04. The number of amides is 2. The molecule has 0 aromatic heterocycles. The van der Waals surface area contributed by atoms with Crippen LogP contribution < -0.4 is 10.1 Å². The minimum Gasteiger partial charge on any atom is -0.493 e. The van der Waals surface area contributed by atoms with E-state index in [1.165, 1.54) is 12.0 Å². The predicted molar refractivity (Wildman–Crippen MR) is 116 cm³/mol. The van der Waals surface area contributed by atoms with Crippen LogP contribution in [0.2, 0.25) is 0 Å². The van der Waals surface area contributed by atoms with Gasteiger partial charge in [-0.3, -0.25) is 0 Å². The van der Waals surface area contributed by atoms with Gasteiger partial charge in [-0.1, -0.05) is 26.0 Å². The van der Waals surface area contributed by atoms with E-state index in [1.54, 1.807) is 0 Å². The Morgan fingerprint density at radius 2 is 1.93 bits per heavy atom. The number of rotatable bonds is 6. The van der Waals surface area contributed by atoms with Gasteiger partial charge in [0.15, 0.2) is 0 Å². The fourth-order valence-electron chi connectivity index (χ4n) is 5.10. The van der Waals surface area contributed by atoms with E-state index in [9.17, 15) is 4.79 Å². The molecule has 4 rings (SSSR count). The Morgan fingerprint density at radius 3 is 2.62 bits per heavy atom. The Hall–Kier alpha value is -1.75. The number of nitrogens with one attached hydrogen (secondary N) is 1. The molecule has 2 amide bonds. The van der Waals surface area contributed by atoms with Crippen molar-refractivity contribution in [3.63, 3.8) is 0 Å². The van der Waals surface area contributed by atoms with Crippen LogP contribution in [-0.4, -0.2) is 61.7 Å². The number of nitrogens with zero attached hydrogens (tertiary/aromatic N) is 2. The minimum atomic E-state index is 0.161. The number of carbonyl (C=O) groups is 1. The summed E-state index contributed by atoms with van der Waals surface area (Å²) in [6, 6.07) is 9.21. The highest BCUT2D eigenvalue weighted by atomic mass is 16.5. The number of benzene rings is 1. The molecule has 2 heterocycles. The molecule has 5 nitrogen and oxygen atoms in total. The summed E-state index contributed by atoms with van der Waals surface area (Å²) < 4.78 is 5.81. The van der Waals surface area contributed by atoms with Crippen molar-refractivity contribution in [3.8, 4) is 5.75 Å². The van der Waals surface area contributed by atoms with Gasteiger partial charge in [-0.05, 0) is 87.2 Å². The van der Waals surface area contributed by atoms with Gasteiger partial charge >= 0.3 is 6.03 Å². The van der Waals surface area contributed by atoms with Crippen LogP contribution in [-0.2, 0) is 6.42 Å². The van der Waals surface area contributed by atoms with Crippen LogP contribution in [0.25, 0.3) is 0 Å². The number of hydrogen-bond acceptors (Lipinski definition) is 3. The van der Waals surface area contributed by atoms with Gasteiger partial charge in [0.25, 0.3) is 0 Å². The molecule has 2 atom stereocenters. The summed E-state index contributed by atoms with van der Waals surface area (Å²) in [5.74, 6) is 2.19. The van der Waals surface area contributed by atoms with Gasteiger partial charge in [-0.2, -0.15) is 0 Å². The number of hydrogen-bond donors (Lipinski definition) is 1. The van der Waals surface area contributed by atoms with Crippen LogP contribution in [0.5, 0.6) is 5.75 Å². The van der Waals surface area contributed by atoms with Gasteiger partial charge in [-0.15, -0.1) is 0 Å². The van der Waals surface area contributed by atoms with Crippen molar-refractivity contribution in [3.05, 3.63) is 29.8 Å². The monoisotopic (exact) mass is 399 g/mol. The molecule has 1 aromatic carbocycles. The van der Waals surface area contributed by atoms with E-state index in [1.807, 2.05) is 0 Å². The van der Waals surface area contributed by atoms with Gasteiger partial charge in [0.1, 0.15) is 5.75 Å². The molecule has 29 heavy (non-hydrogen) atoms. The third-order valence-electron chi connectivity index (χ3n) is 7.12. The zero-order chi connectivity index (χ0) is 20.4. The third kappa shape index (κ3) is 4.88. The fourth-order valence-corrected chi connectivity index (χ4v) is 5.10. The van der Waals surface area contributed by atoms with Crippen molar-refractivity contribution < 1.29 is 9.53 Å².